The van der Waals surface area contributed by atoms with Crippen molar-refractivity contribution in [3.05, 3.63) is 70.6 Å². The van der Waals surface area contributed by atoms with Gasteiger partial charge in [-0.3, -0.25) is 0 Å². The quantitative estimate of drug-likeness (QED) is 0.289. The first-order valence-corrected chi connectivity index (χ1v) is 12.0. The fraction of sp³-hybridized carbons (Fsp3) is 0.182. The first-order valence-electron chi connectivity index (χ1n) is 10.2. The molecule has 4 rings (SSSR count). The number of benzene rings is 2. The molecule has 0 saturated heterocycles. The molecule has 0 radical (unpaired) electrons. The summed E-state index contributed by atoms with van der Waals surface area (Å²) in [5.41, 5.74) is 3.45. The number of nitrogens with one attached hydrogen (secondary N) is 1. The van der Waals surface area contributed by atoms with Gasteiger partial charge >= 0.3 is 148 Å². The molecule has 1 amide bonds. The summed E-state index contributed by atoms with van der Waals surface area (Å²) in [6.45, 7) is 3.78. The molecule has 0 aliphatic heterocycles. The summed E-state index contributed by atoms with van der Waals surface area (Å²) in [6.07, 6.45) is 0.542. The Morgan fingerprint density at radius 3 is 2.56 bits per heavy atom. The second-order valence-electron chi connectivity index (χ2n) is 7.63. The van der Waals surface area contributed by atoms with E-state index in [0.29, 0.717) is 47.0 Å². The second-order valence-corrected chi connectivity index (χ2v) is 8.98. The molecule has 4 aromatic rings. The Kier molecular flexibility index (Phi) is 6.32. The zero-order valence-electron chi connectivity index (χ0n) is 18.3. The second kappa shape index (κ2) is 9.21. The average molecular weight is 483 g/mol. The van der Waals surface area contributed by atoms with E-state index < -0.39 is 14.1 Å². The molecule has 34 heavy (non-hydrogen) atoms. The Bertz CT molecular complexity index is 1380. The van der Waals surface area contributed by atoms with Gasteiger partial charge in [-0.05, 0) is 13.8 Å². The third kappa shape index (κ3) is 5.06. The standard InChI is InChI=1S/C22H22N5O6P/c1-13-20(14(2)32-26-13)21(28)25-22-24-18-11-16(12-23)5-8-19(18)27(22)10-9-15-3-6-17(7-4-15)33-34(29,30)31/h3-8,11,29-31,34H,9-10H2,1-2H3,(H,24,25,28). The Morgan fingerprint density at radius 2 is 1.94 bits per heavy atom. The fourth-order valence-electron chi connectivity index (χ4n) is 3.62. The molecule has 4 N–H and O–H groups in total. The maximum atomic E-state index is 12.9. The Balaban J connectivity index is 1.61. The van der Waals surface area contributed by atoms with E-state index in [4.69, 9.17) is 23.7 Å². The van der Waals surface area contributed by atoms with E-state index in [-0.39, 0.29) is 5.75 Å². The molecular formula is C22H22N5O6P. The minimum atomic E-state index is -4.66. The summed E-state index contributed by atoms with van der Waals surface area (Å²) >= 11 is 0. The molecule has 12 heteroatoms. The first kappa shape index (κ1) is 23.4. The number of hydrogen-bond donors (Lipinski definition) is 4. The van der Waals surface area contributed by atoms with Crippen LogP contribution in [0.25, 0.3) is 11.0 Å². The van der Waals surface area contributed by atoms with Crippen LogP contribution in [-0.2, 0) is 13.0 Å². The van der Waals surface area contributed by atoms with Gasteiger partial charge in [-0.1, -0.05) is 5.16 Å². The summed E-state index contributed by atoms with van der Waals surface area (Å²) in [6, 6.07) is 13.7. The van der Waals surface area contributed by atoms with Gasteiger partial charge in [0.25, 0.3) is 0 Å². The van der Waals surface area contributed by atoms with E-state index in [9.17, 15) is 10.1 Å². The van der Waals surface area contributed by atoms with Crippen LogP contribution in [0, 0.1) is 25.2 Å². The number of anilines is 1. The van der Waals surface area contributed by atoms with E-state index in [1.165, 1.54) is 12.1 Å². The average Bonchev–Trinajstić information content (AvgIpc) is 3.29. The third-order valence-electron chi connectivity index (χ3n) is 5.17. The predicted molar refractivity (Wildman–Crippen MR) is 124 cm³/mol. The number of aromatic nitrogens is 3. The van der Waals surface area contributed by atoms with Gasteiger partial charge in [-0.2, -0.15) is 5.26 Å². The summed E-state index contributed by atoms with van der Waals surface area (Å²) < 4.78 is 11.6. The van der Waals surface area contributed by atoms with E-state index in [1.54, 1.807) is 44.2 Å². The van der Waals surface area contributed by atoms with Gasteiger partial charge in [-0.15, -0.1) is 0 Å². The van der Waals surface area contributed by atoms with Gasteiger partial charge in [0.05, 0.1) is 11.8 Å². The molecule has 0 aliphatic rings. The number of rotatable bonds is 7. The molecule has 2 aromatic heterocycles. The Hall–Kier alpha value is -3.81. The van der Waals surface area contributed by atoms with Crippen molar-refractivity contribution >= 4 is 31.1 Å². The Morgan fingerprint density at radius 1 is 1.21 bits per heavy atom. The van der Waals surface area contributed by atoms with Crippen LogP contribution < -0.4 is 9.84 Å². The van der Waals surface area contributed by atoms with Crippen molar-refractivity contribution in [2.75, 3.05) is 5.32 Å². The monoisotopic (exact) mass is 483 g/mol. The maximum absolute atomic E-state index is 12.9. The van der Waals surface area contributed by atoms with Gasteiger partial charge in [-0.25, -0.2) is 0 Å². The van der Waals surface area contributed by atoms with Crippen molar-refractivity contribution in [2.45, 2.75) is 26.8 Å². The van der Waals surface area contributed by atoms with Crippen molar-refractivity contribution in [1.29, 1.82) is 5.26 Å². The third-order valence-corrected chi connectivity index (χ3v) is 5.67. The van der Waals surface area contributed by atoms with Crippen LogP contribution in [0.15, 0.2) is 47.0 Å². The van der Waals surface area contributed by atoms with Crippen LogP contribution in [0.3, 0.4) is 0 Å². The van der Waals surface area contributed by atoms with Crippen molar-refractivity contribution in [3.63, 3.8) is 0 Å². The van der Waals surface area contributed by atoms with Crippen molar-refractivity contribution in [3.8, 4) is 11.8 Å². The summed E-state index contributed by atoms with van der Waals surface area (Å²) in [7, 11) is -4.66. The number of nitriles is 1. The fourth-order valence-corrected chi connectivity index (χ4v) is 4.07. The predicted octanol–water partition coefficient (Wildman–Crippen LogP) is 2.77. The molecule has 176 valence electrons. The zero-order chi connectivity index (χ0) is 24.5. The molecular weight excluding hydrogens is 461 g/mol. The van der Waals surface area contributed by atoms with Crippen LogP contribution in [-0.4, -0.2) is 35.3 Å². The van der Waals surface area contributed by atoms with Crippen LogP contribution >= 0.6 is 8.17 Å². The van der Waals surface area contributed by atoms with Crippen LogP contribution in [0.2, 0.25) is 0 Å². The Labute approximate surface area is 194 Å². The van der Waals surface area contributed by atoms with Crippen molar-refractivity contribution < 1.29 is 28.5 Å². The summed E-state index contributed by atoms with van der Waals surface area (Å²) in [5.74, 6) is 0.436. The zero-order valence-corrected chi connectivity index (χ0v) is 19.3. The number of amides is 1. The van der Waals surface area contributed by atoms with Crippen molar-refractivity contribution in [1.82, 2.24) is 14.7 Å². The molecule has 2 aromatic carbocycles. The SMILES string of the molecule is Cc1noc(C)c1C(=O)Nc1nc2cc(C#N)ccc2n1CCc1ccc(O[PH](O)(O)O)cc1. The number of imidazole rings is 1. The van der Waals surface area contributed by atoms with Crippen LogP contribution in [0.5, 0.6) is 5.75 Å². The van der Waals surface area contributed by atoms with Crippen LogP contribution in [0.1, 0.15) is 32.9 Å². The number of carbonyl (C=O) groups excluding carboxylic acids is 1. The topological polar surface area (TPSA) is 167 Å². The van der Waals surface area contributed by atoms with Gasteiger partial charge in [0.2, 0.25) is 0 Å². The molecule has 0 spiro atoms. The molecule has 0 atom stereocenters. The number of hydrogen-bond acceptors (Lipinski definition) is 9. The summed E-state index contributed by atoms with van der Waals surface area (Å²) in [5, 5.41) is 15.9. The molecule has 11 nitrogen and oxygen atoms in total. The number of carbonyl (C=O) groups is 1. The molecule has 0 unspecified atom stereocenters. The molecule has 0 aliphatic carbocycles. The van der Waals surface area contributed by atoms with E-state index in [1.807, 2.05) is 4.57 Å². The number of fused-ring (bicyclic) bond motifs is 1. The molecule has 2 heterocycles. The van der Waals surface area contributed by atoms with E-state index in [2.05, 4.69) is 21.5 Å². The number of nitrogens with zero attached hydrogens (tertiary/aromatic N) is 4. The van der Waals surface area contributed by atoms with Gasteiger partial charge < -0.3 is 4.52 Å². The number of aryl methyl sites for hydroxylation is 4. The summed E-state index contributed by atoms with van der Waals surface area (Å²) in [4.78, 5) is 44.6. The van der Waals surface area contributed by atoms with Gasteiger partial charge in [0, 0.05) is 0 Å². The molecule has 0 saturated carbocycles. The molecule has 0 fully saturated rings. The van der Waals surface area contributed by atoms with Crippen molar-refractivity contribution in [2.24, 2.45) is 0 Å². The first-order chi connectivity index (χ1) is 16.1. The minimum absolute atomic E-state index is 0.132. The van der Waals surface area contributed by atoms with Crippen LogP contribution in [0.4, 0.5) is 5.95 Å². The van der Waals surface area contributed by atoms with Gasteiger partial charge in [0.15, 0.2) is 0 Å². The van der Waals surface area contributed by atoms with Gasteiger partial charge in [0.1, 0.15) is 5.76 Å². The molecule has 0 bridgehead atoms. The van der Waals surface area contributed by atoms with E-state index in [0.717, 1.165) is 11.1 Å². The van der Waals surface area contributed by atoms with E-state index >= 15 is 0 Å². The normalized spacial score (nSPS) is 11.9.